The van der Waals surface area contributed by atoms with Gasteiger partial charge in [0.1, 0.15) is 11.5 Å². The van der Waals surface area contributed by atoms with E-state index in [-0.39, 0.29) is 5.91 Å². The Hall–Kier alpha value is -2.45. The van der Waals surface area contributed by atoms with Crippen LogP contribution in [0.25, 0.3) is 0 Å². The smallest absolute Gasteiger partial charge is 0.272 e. The minimum atomic E-state index is -0.138. The zero-order valence-corrected chi connectivity index (χ0v) is 16.5. The maximum Gasteiger partial charge on any atom is 0.272 e. The number of aromatic nitrogens is 3. The molecule has 4 heterocycles. The summed E-state index contributed by atoms with van der Waals surface area (Å²) in [6, 6.07) is 6.15. The Morgan fingerprint density at radius 2 is 2.14 bits per heavy atom. The third kappa shape index (κ3) is 4.51. The number of piperazine rings is 1. The number of likely N-dealkylation sites (N-methyl/N-ethyl adjacent to an activating group) is 1. The molecule has 1 amide bonds. The summed E-state index contributed by atoms with van der Waals surface area (Å²) in [5.41, 5.74) is 1.52. The first-order valence-electron chi connectivity index (χ1n) is 10.1. The van der Waals surface area contributed by atoms with E-state index in [4.69, 9.17) is 0 Å². The maximum absolute atomic E-state index is 12.5. The first-order valence-corrected chi connectivity index (χ1v) is 10.1. The second-order valence-corrected chi connectivity index (χ2v) is 7.68. The first kappa shape index (κ1) is 18.9. The molecule has 0 aromatic carbocycles. The lowest BCUT2D eigenvalue weighted by Crippen LogP contribution is -2.44. The van der Waals surface area contributed by atoms with Gasteiger partial charge in [-0.05, 0) is 50.2 Å². The molecule has 0 radical (unpaired) electrons. The second kappa shape index (κ2) is 8.70. The number of nitrogens with one attached hydrogen (secondary N) is 2. The zero-order chi connectivity index (χ0) is 19.3. The maximum atomic E-state index is 12.5. The minimum Gasteiger partial charge on any atom is -0.354 e. The van der Waals surface area contributed by atoms with Crippen LogP contribution in [0.5, 0.6) is 0 Å². The molecule has 4 rings (SSSR count). The van der Waals surface area contributed by atoms with Gasteiger partial charge in [-0.25, -0.2) is 4.98 Å². The molecule has 1 atom stereocenters. The molecule has 150 valence electrons. The lowest BCUT2D eigenvalue weighted by molar-refractivity contribution is 0.0944. The van der Waals surface area contributed by atoms with Crippen LogP contribution in [0.2, 0.25) is 0 Å². The van der Waals surface area contributed by atoms with E-state index < -0.39 is 0 Å². The lowest BCUT2D eigenvalue weighted by atomic mass is 10.1. The van der Waals surface area contributed by atoms with E-state index in [1.807, 2.05) is 23.1 Å². The largest absolute Gasteiger partial charge is 0.354 e. The van der Waals surface area contributed by atoms with Crippen molar-refractivity contribution in [2.24, 2.45) is 0 Å². The third-order valence-corrected chi connectivity index (χ3v) is 5.58. The summed E-state index contributed by atoms with van der Waals surface area (Å²) >= 11 is 0. The number of pyridine rings is 1. The predicted molar refractivity (Wildman–Crippen MR) is 108 cm³/mol. The van der Waals surface area contributed by atoms with Crippen molar-refractivity contribution in [3.05, 3.63) is 41.9 Å². The molecule has 28 heavy (non-hydrogen) atoms. The monoisotopic (exact) mass is 383 g/mol. The first-order chi connectivity index (χ1) is 13.7. The van der Waals surface area contributed by atoms with Crippen molar-refractivity contribution in [2.75, 3.05) is 51.2 Å². The van der Waals surface area contributed by atoms with Crippen LogP contribution in [0.15, 0.2) is 30.6 Å². The van der Waals surface area contributed by atoms with Gasteiger partial charge in [-0.2, -0.15) is 5.10 Å². The van der Waals surface area contributed by atoms with Crippen molar-refractivity contribution < 1.29 is 4.79 Å². The number of hydrogen-bond donors (Lipinski definition) is 2. The number of anilines is 1. The number of piperidine rings is 1. The molecule has 2 saturated heterocycles. The van der Waals surface area contributed by atoms with Crippen LogP contribution < -0.4 is 15.5 Å². The van der Waals surface area contributed by atoms with Gasteiger partial charge in [0, 0.05) is 51.7 Å². The van der Waals surface area contributed by atoms with Crippen molar-refractivity contribution in [3.63, 3.8) is 0 Å². The van der Waals surface area contributed by atoms with E-state index in [0.717, 1.165) is 63.5 Å². The Kier molecular flexibility index (Phi) is 5.87. The summed E-state index contributed by atoms with van der Waals surface area (Å²) in [5, 5.41) is 10.8. The molecular formula is C20H29N7O. The van der Waals surface area contributed by atoms with Gasteiger partial charge in [-0.3, -0.25) is 9.48 Å². The fourth-order valence-electron chi connectivity index (χ4n) is 3.77. The number of rotatable bonds is 5. The highest BCUT2D eigenvalue weighted by molar-refractivity contribution is 5.92. The van der Waals surface area contributed by atoms with Crippen molar-refractivity contribution in [1.29, 1.82) is 0 Å². The Balaban J connectivity index is 1.33. The van der Waals surface area contributed by atoms with E-state index in [9.17, 15) is 4.79 Å². The molecule has 0 aliphatic carbocycles. The zero-order valence-electron chi connectivity index (χ0n) is 16.5. The summed E-state index contributed by atoms with van der Waals surface area (Å²) in [4.78, 5) is 21.6. The molecule has 8 heteroatoms. The molecule has 2 aromatic heterocycles. The highest BCUT2D eigenvalue weighted by atomic mass is 16.1. The fourth-order valence-corrected chi connectivity index (χ4v) is 3.77. The summed E-state index contributed by atoms with van der Waals surface area (Å²) in [6.07, 6.45) is 5.97. The van der Waals surface area contributed by atoms with Crippen LogP contribution in [0.3, 0.4) is 0 Å². The molecule has 2 fully saturated rings. The van der Waals surface area contributed by atoms with Crippen LogP contribution in [0.4, 0.5) is 5.82 Å². The summed E-state index contributed by atoms with van der Waals surface area (Å²) in [5.74, 6) is 0.842. The van der Waals surface area contributed by atoms with Gasteiger partial charge in [0.2, 0.25) is 0 Å². The van der Waals surface area contributed by atoms with Crippen LogP contribution in [-0.4, -0.2) is 71.9 Å². The molecule has 2 aliphatic heterocycles. The molecule has 8 nitrogen and oxygen atoms in total. The molecule has 2 aromatic rings. The number of carbonyl (C=O) groups excluding carboxylic acids is 1. The Bertz CT molecular complexity index is 791. The van der Waals surface area contributed by atoms with E-state index in [1.54, 1.807) is 6.07 Å². The van der Waals surface area contributed by atoms with E-state index in [2.05, 4.69) is 43.6 Å². The van der Waals surface area contributed by atoms with E-state index in [1.165, 1.54) is 0 Å². The number of amides is 1. The Morgan fingerprint density at radius 1 is 1.29 bits per heavy atom. The van der Waals surface area contributed by atoms with Gasteiger partial charge in [0.25, 0.3) is 5.91 Å². The van der Waals surface area contributed by atoms with E-state index >= 15 is 0 Å². The standard InChI is InChI=1S/C20H29N7O/c1-25-9-11-26(12-10-25)19-13-16(4-7-22-19)14-23-20(28)18-5-8-27(24-18)17-3-2-6-21-15-17/h4-5,7-8,13,17,21H,2-3,6,9-12,14-15H2,1H3,(H,23,28). The van der Waals surface area contributed by atoms with Crippen molar-refractivity contribution in [2.45, 2.75) is 25.4 Å². The summed E-state index contributed by atoms with van der Waals surface area (Å²) in [7, 11) is 2.14. The molecule has 0 saturated carbocycles. The van der Waals surface area contributed by atoms with Gasteiger partial charge in [0.15, 0.2) is 0 Å². The highest BCUT2D eigenvalue weighted by Crippen LogP contribution is 2.16. The van der Waals surface area contributed by atoms with Crippen molar-refractivity contribution in [1.82, 2.24) is 30.3 Å². The molecule has 1 unspecified atom stereocenters. The lowest BCUT2D eigenvalue weighted by Gasteiger charge is -2.33. The van der Waals surface area contributed by atoms with Gasteiger partial charge in [0.05, 0.1) is 6.04 Å². The van der Waals surface area contributed by atoms with Crippen LogP contribution in [-0.2, 0) is 6.54 Å². The van der Waals surface area contributed by atoms with Gasteiger partial charge < -0.3 is 20.4 Å². The summed E-state index contributed by atoms with van der Waals surface area (Å²) in [6.45, 7) is 6.49. The van der Waals surface area contributed by atoms with Crippen molar-refractivity contribution >= 4 is 11.7 Å². The molecular weight excluding hydrogens is 354 g/mol. The number of hydrogen-bond acceptors (Lipinski definition) is 6. The second-order valence-electron chi connectivity index (χ2n) is 7.68. The van der Waals surface area contributed by atoms with E-state index in [0.29, 0.717) is 18.3 Å². The molecule has 0 bridgehead atoms. The predicted octanol–water partition coefficient (Wildman–Crippen LogP) is 0.884. The average Bonchev–Trinajstić information content (AvgIpc) is 3.24. The molecule has 2 aliphatic rings. The Labute approximate surface area is 165 Å². The van der Waals surface area contributed by atoms with Gasteiger partial charge in [-0.1, -0.05) is 0 Å². The molecule has 0 spiro atoms. The average molecular weight is 384 g/mol. The number of carbonyl (C=O) groups is 1. The van der Waals surface area contributed by atoms with Gasteiger partial charge >= 0.3 is 0 Å². The van der Waals surface area contributed by atoms with Crippen LogP contribution in [0.1, 0.15) is 34.9 Å². The SMILES string of the molecule is CN1CCN(c2cc(CNC(=O)c3ccn(C4CCCNC4)n3)ccn2)CC1. The van der Waals surface area contributed by atoms with Crippen LogP contribution >= 0.6 is 0 Å². The summed E-state index contributed by atoms with van der Waals surface area (Å²) < 4.78 is 1.92. The minimum absolute atomic E-state index is 0.138. The normalized spacial score (nSPS) is 20.9. The molecule has 2 N–H and O–H groups in total. The van der Waals surface area contributed by atoms with Crippen molar-refractivity contribution in [3.8, 4) is 0 Å². The van der Waals surface area contributed by atoms with Gasteiger partial charge in [-0.15, -0.1) is 0 Å². The number of nitrogens with zero attached hydrogens (tertiary/aromatic N) is 5. The topological polar surface area (TPSA) is 78.3 Å². The fraction of sp³-hybridized carbons (Fsp3) is 0.550. The third-order valence-electron chi connectivity index (χ3n) is 5.58. The Morgan fingerprint density at radius 3 is 2.93 bits per heavy atom. The highest BCUT2D eigenvalue weighted by Gasteiger charge is 2.18. The van der Waals surface area contributed by atoms with Crippen LogP contribution in [0, 0.1) is 0 Å². The quantitative estimate of drug-likeness (QED) is 0.798.